The Kier molecular flexibility index (Phi) is 7.95. The molecule has 0 saturated carbocycles. The number of anilines is 1. The number of nitrogens with zero attached hydrogens (tertiary/aromatic N) is 1. The van der Waals surface area contributed by atoms with Gasteiger partial charge in [-0.25, -0.2) is 10.2 Å². The van der Waals surface area contributed by atoms with Crippen LogP contribution < -0.4 is 20.2 Å². The van der Waals surface area contributed by atoms with Crippen molar-refractivity contribution in [2.75, 3.05) is 19.0 Å². The van der Waals surface area contributed by atoms with Gasteiger partial charge in [0.25, 0.3) is 5.91 Å². The molecule has 0 unspecified atom stereocenters. The lowest BCUT2D eigenvalue weighted by molar-refractivity contribution is -0.139. The van der Waals surface area contributed by atoms with E-state index >= 15 is 0 Å². The van der Waals surface area contributed by atoms with Gasteiger partial charge in [0.15, 0.2) is 18.1 Å². The molecule has 10 heteroatoms. The van der Waals surface area contributed by atoms with Gasteiger partial charge in [0.1, 0.15) is 0 Å². The molecule has 0 aliphatic rings. The molecule has 0 saturated heterocycles. The summed E-state index contributed by atoms with van der Waals surface area (Å²) in [7, 11) is 1.44. The first-order valence-electron chi connectivity index (χ1n) is 8.23. The molecular formula is C19H18IN3O6. The van der Waals surface area contributed by atoms with Crippen LogP contribution in [-0.4, -0.2) is 42.8 Å². The minimum absolute atomic E-state index is 0.198. The molecule has 2 amide bonds. The molecule has 29 heavy (non-hydrogen) atoms. The maximum absolute atomic E-state index is 12.1. The van der Waals surface area contributed by atoms with Crippen molar-refractivity contribution in [3.63, 3.8) is 0 Å². The largest absolute Gasteiger partial charge is 0.493 e. The van der Waals surface area contributed by atoms with Crippen molar-refractivity contribution in [2.24, 2.45) is 5.10 Å². The minimum Gasteiger partial charge on any atom is -0.493 e. The highest BCUT2D eigenvalue weighted by Gasteiger charge is 2.13. The van der Waals surface area contributed by atoms with Crippen LogP contribution in [0.2, 0.25) is 0 Å². The molecule has 0 bridgehead atoms. The number of carboxylic acid groups (broad SMARTS) is 1. The number of hydrogen-bond donors (Lipinski definition) is 3. The predicted octanol–water partition coefficient (Wildman–Crippen LogP) is 2.49. The number of hydrazone groups is 1. The third-order valence-electron chi connectivity index (χ3n) is 3.44. The molecule has 0 fully saturated rings. The van der Waals surface area contributed by atoms with Gasteiger partial charge in [-0.15, -0.1) is 0 Å². The predicted molar refractivity (Wildman–Crippen MR) is 115 cm³/mol. The average Bonchev–Trinajstić information content (AvgIpc) is 2.66. The van der Waals surface area contributed by atoms with E-state index in [1.165, 1.54) is 20.2 Å². The van der Waals surface area contributed by atoms with Gasteiger partial charge in [-0.1, -0.05) is 0 Å². The van der Waals surface area contributed by atoms with E-state index in [1.807, 2.05) is 22.6 Å². The maximum Gasteiger partial charge on any atom is 0.341 e. The third-order valence-corrected chi connectivity index (χ3v) is 4.24. The van der Waals surface area contributed by atoms with Crippen molar-refractivity contribution in [1.29, 1.82) is 0 Å². The van der Waals surface area contributed by atoms with Gasteiger partial charge in [-0.3, -0.25) is 9.59 Å². The van der Waals surface area contributed by atoms with Crippen LogP contribution in [0.1, 0.15) is 22.8 Å². The number of carboxylic acids is 1. The highest BCUT2D eigenvalue weighted by molar-refractivity contribution is 14.1. The zero-order valence-electron chi connectivity index (χ0n) is 15.6. The first-order valence-corrected chi connectivity index (χ1v) is 9.31. The van der Waals surface area contributed by atoms with Gasteiger partial charge < -0.3 is 19.9 Å². The molecule has 3 N–H and O–H groups in total. The molecule has 2 rings (SSSR count). The molecule has 0 aromatic heterocycles. The Morgan fingerprint density at radius 2 is 1.90 bits per heavy atom. The van der Waals surface area contributed by atoms with Crippen LogP contribution in [0.25, 0.3) is 0 Å². The zero-order chi connectivity index (χ0) is 21.4. The fourth-order valence-corrected chi connectivity index (χ4v) is 3.01. The molecule has 0 aliphatic carbocycles. The molecule has 9 nitrogen and oxygen atoms in total. The van der Waals surface area contributed by atoms with Crippen molar-refractivity contribution in [3.8, 4) is 11.5 Å². The Labute approximate surface area is 180 Å². The summed E-state index contributed by atoms with van der Waals surface area (Å²) >= 11 is 1.99. The average molecular weight is 511 g/mol. The zero-order valence-corrected chi connectivity index (χ0v) is 17.7. The van der Waals surface area contributed by atoms with Gasteiger partial charge >= 0.3 is 5.97 Å². The highest BCUT2D eigenvalue weighted by Crippen LogP contribution is 2.33. The van der Waals surface area contributed by atoms with Crippen molar-refractivity contribution < 1.29 is 29.0 Å². The summed E-state index contributed by atoms with van der Waals surface area (Å²) in [5.41, 5.74) is 3.99. The lowest BCUT2D eigenvalue weighted by atomic mass is 10.2. The second-order valence-corrected chi connectivity index (χ2v) is 6.84. The third kappa shape index (κ3) is 6.75. The number of ether oxygens (including phenoxy) is 2. The molecule has 2 aromatic rings. The fourth-order valence-electron chi connectivity index (χ4n) is 2.23. The first-order chi connectivity index (χ1) is 13.8. The number of hydrogen-bond acceptors (Lipinski definition) is 6. The summed E-state index contributed by atoms with van der Waals surface area (Å²) < 4.78 is 11.1. The van der Waals surface area contributed by atoms with Crippen LogP contribution >= 0.6 is 22.6 Å². The Morgan fingerprint density at radius 3 is 2.48 bits per heavy atom. The Bertz CT molecular complexity index is 944. The van der Waals surface area contributed by atoms with Gasteiger partial charge in [-0.2, -0.15) is 5.10 Å². The van der Waals surface area contributed by atoms with E-state index in [1.54, 1.807) is 36.4 Å². The monoisotopic (exact) mass is 511 g/mol. The maximum atomic E-state index is 12.1. The van der Waals surface area contributed by atoms with Crippen LogP contribution in [-0.2, 0) is 9.59 Å². The van der Waals surface area contributed by atoms with Crippen molar-refractivity contribution in [1.82, 2.24) is 5.43 Å². The smallest absolute Gasteiger partial charge is 0.341 e. The summed E-state index contributed by atoms with van der Waals surface area (Å²) in [5, 5.41) is 15.3. The molecule has 2 aromatic carbocycles. The van der Waals surface area contributed by atoms with E-state index in [9.17, 15) is 14.4 Å². The van der Waals surface area contributed by atoms with Gasteiger partial charge in [0.05, 0.1) is 16.9 Å². The number of nitrogens with one attached hydrogen (secondary N) is 2. The minimum atomic E-state index is -1.10. The van der Waals surface area contributed by atoms with E-state index in [2.05, 4.69) is 15.8 Å². The van der Waals surface area contributed by atoms with Crippen LogP contribution in [0.3, 0.4) is 0 Å². The standard InChI is InChI=1S/C19H18IN3O6/c1-11(24)22-14-5-3-13(4-6-14)19(27)23-21-9-12-7-15(20)18(16(8-12)28-2)29-10-17(25)26/h3-9H,10H2,1-2H3,(H,22,24)(H,23,27)(H,25,26)/b21-9-. The summed E-state index contributed by atoms with van der Waals surface area (Å²) in [5.74, 6) is -1.05. The number of amides is 2. The molecule has 0 radical (unpaired) electrons. The van der Waals surface area contributed by atoms with Crippen LogP contribution in [0.15, 0.2) is 41.5 Å². The number of methoxy groups -OCH3 is 1. The van der Waals surface area contributed by atoms with Crippen molar-refractivity contribution >= 4 is 52.3 Å². The Hall–Kier alpha value is -3.15. The van der Waals surface area contributed by atoms with Gasteiger partial charge in [0.2, 0.25) is 5.91 Å². The van der Waals surface area contributed by atoms with E-state index in [4.69, 9.17) is 14.6 Å². The second kappa shape index (κ2) is 10.4. The van der Waals surface area contributed by atoms with E-state index < -0.39 is 18.5 Å². The molecule has 0 atom stereocenters. The second-order valence-electron chi connectivity index (χ2n) is 5.67. The van der Waals surface area contributed by atoms with E-state index in [-0.39, 0.29) is 5.91 Å². The number of benzene rings is 2. The van der Waals surface area contributed by atoms with Crippen LogP contribution in [0.4, 0.5) is 5.69 Å². The number of aliphatic carboxylic acids is 1. The van der Waals surface area contributed by atoms with Crippen molar-refractivity contribution in [3.05, 3.63) is 51.1 Å². The Balaban J connectivity index is 2.05. The molecule has 0 aliphatic heterocycles. The molecule has 152 valence electrons. The Morgan fingerprint density at radius 1 is 1.21 bits per heavy atom. The summed E-state index contributed by atoms with van der Waals surface area (Å²) in [4.78, 5) is 33.8. The van der Waals surface area contributed by atoms with Gasteiger partial charge in [0, 0.05) is 18.2 Å². The normalized spacial score (nSPS) is 10.4. The highest BCUT2D eigenvalue weighted by atomic mass is 127. The first kappa shape index (κ1) is 22.1. The van der Waals surface area contributed by atoms with Crippen LogP contribution in [0, 0.1) is 3.57 Å². The van der Waals surface area contributed by atoms with E-state index in [0.717, 1.165) is 0 Å². The van der Waals surface area contributed by atoms with E-state index in [0.29, 0.717) is 31.9 Å². The number of rotatable bonds is 8. The number of halogens is 1. The molecule has 0 heterocycles. The van der Waals surface area contributed by atoms with Crippen LogP contribution in [0.5, 0.6) is 11.5 Å². The molecular weight excluding hydrogens is 493 g/mol. The fraction of sp³-hybridized carbons (Fsp3) is 0.158. The van der Waals surface area contributed by atoms with Gasteiger partial charge in [-0.05, 0) is 64.6 Å². The topological polar surface area (TPSA) is 126 Å². The summed E-state index contributed by atoms with van der Waals surface area (Å²) in [6.07, 6.45) is 1.43. The molecule has 0 spiro atoms. The summed E-state index contributed by atoms with van der Waals surface area (Å²) in [6.45, 7) is 0.910. The SMILES string of the molecule is COc1cc(/C=N\NC(=O)c2ccc(NC(C)=O)cc2)cc(I)c1OCC(=O)O. The quantitative estimate of drug-likeness (QED) is 0.284. The number of carbonyl (C=O) groups excluding carboxylic acids is 2. The lowest BCUT2D eigenvalue weighted by Crippen LogP contribution is -2.17. The summed E-state index contributed by atoms with van der Waals surface area (Å²) in [6, 6.07) is 9.68. The van der Waals surface area contributed by atoms with Crippen molar-refractivity contribution in [2.45, 2.75) is 6.92 Å². The lowest BCUT2D eigenvalue weighted by Gasteiger charge is -2.12. The number of carbonyl (C=O) groups is 3.